The first-order valence-electron chi connectivity index (χ1n) is 6.00. The molecule has 0 amide bonds. The van der Waals surface area contributed by atoms with Gasteiger partial charge in [0.25, 0.3) is 0 Å². The minimum atomic E-state index is 0.579. The van der Waals surface area contributed by atoms with Crippen LogP contribution in [0.15, 0.2) is 4.52 Å². The molecule has 2 saturated heterocycles. The standard InChI is InChI=1S/C11H17N3O2/c1-2-15-7-8(1)3-10-13-11(16-14-10)4-9-5-12-6-9/h8-9,12H,1-7H2. The Morgan fingerprint density at radius 1 is 1.25 bits per heavy atom. The topological polar surface area (TPSA) is 60.2 Å². The third-order valence-corrected chi connectivity index (χ3v) is 3.33. The summed E-state index contributed by atoms with van der Waals surface area (Å²) in [6.07, 6.45) is 2.93. The first-order valence-corrected chi connectivity index (χ1v) is 6.00. The molecular formula is C11H17N3O2. The Morgan fingerprint density at radius 2 is 2.19 bits per heavy atom. The van der Waals surface area contributed by atoms with E-state index >= 15 is 0 Å². The summed E-state index contributed by atoms with van der Waals surface area (Å²) >= 11 is 0. The van der Waals surface area contributed by atoms with E-state index in [9.17, 15) is 0 Å². The highest BCUT2D eigenvalue weighted by Crippen LogP contribution is 2.17. The Morgan fingerprint density at radius 3 is 2.88 bits per heavy atom. The molecular weight excluding hydrogens is 206 g/mol. The first-order chi connectivity index (χ1) is 7.90. The van der Waals surface area contributed by atoms with E-state index in [2.05, 4.69) is 15.5 Å². The van der Waals surface area contributed by atoms with Gasteiger partial charge in [0.15, 0.2) is 5.82 Å². The minimum absolute atomic E-state index is 0.579. The van der Waals surface area contributed by atoms with Gasteiger partial charge in [-0.15, -0.1) is 0 Å². The molecule has 16 heavy (non-hydrogen) atoms. The molecule has 1 unspecified atom stereocenters. The molecule has 2 aliphatic heterocycles. The summed E-state index contributed by atoms with van der Waals surface area (Å²) < 4.78 is 10.6. The first kappa shape index (κ1) is 10.2. The Kier molecular flexibility index (Phi) is 2.88. The Hall–Kier alpha value is -0.940. The van der Waals surface area contributed by atoms with Crippen LogP contribution in [0, 0.1) is 11.8 Å². The highest BCUT2D eigenvalue weighted by atomic mass is 16.5. The number of rotatable bonds is 4. The molecule has 1 aromatic heterocycles. The van der Waals surface area contributed by atoms with Gasteiger partial charge in [0, 0.05) is 26.1 Å². The van der Waals surface area contributed by atoms with Crippen molar-refractivity contribution in [1.29, 1.82) is 0 Å². The minimum Gasteiger partial charge on any atom is -0.381 e. The summed E-state index contributed by atoms with van der Waals surface area (Å²) in [6.45, 7) is 3.88. The summed E-state index contributed by atoms with van der Waals surface area (Å²) in [4.78, 5) is 4.43. The van der Waals surface area contributed by atoms with Crippen molar-refractivity contribution < 1.29 is 9.26 Å². The van der Waals surface area contributed by atoms with Crippen molar-refractivity contribution >= 4 is 0 Å². The molecule has 1 aromatic rings. The zero-order chi connectivity index (χ0) is 10.8. The van der Waals surface area contributed by atoms with Gasteiger partial charge in [-0.2, -0.15) is 4.98 Å². The van der Waals surface area contributed by atoms with E-state index in [0.29, 0.717) is 11.8 Å². The van der Waals surface area contributed by atoms with Crippen molar-refractivity contribution in [1.82, 2.24) is 15.5 Å². The number of hydrogen-bond donors (Lipinski definition) is 1. The lowest BCUT2D eigenvalue weighted by molar-refractivity contribution is 0.185. The maximum atomic E-state index is 5.33. The Balaban J connectivity index is 1.54. The summed E-state index contributed by atoms with van der Waals surface area (Å²) in [5.41, 5.74) is 0. The van der Waals surface area contributed by atoms with Crippen molar-refractivity contribution in [3.8, 4) is 0 Å². The van der Waals surface area contributed by atoms with E-state index in [1.54, 1.807) is 0 Å². The molecule has 0 aromatic carbocycles. The van der Waals surface area contributed by atoms with Gasteiger partial charge in [-0.1, -0.05) is 5.16 Å². The molecule has 5 nitrogen and oxygen atoms in total. The van der Waals surface area contributed by atoms with Crippen molar-refractivity contribution in [2.75, 3.05) is 26.3 Å². The monoisotopic (exact) mass is 223 g/mol. The van der Waals surface area contributed by atoms with E-state index in [1.165, 1.54) is 0 Å². The lowest BCUT2D eigenvalue weighted by atomic mass is 10.00. The number of ether oxygens (including phenoxy) is 1. The second kappa shape index (κ2) is 4.51. The van der Waals surface area contributed by atoms with Crippen LogP contribution in [0.3, 0.4) is 0 Å². The molecule has 0 bridgehead atoms. The molecule has 0 saturated carbocycles. The van der Waals surface area contributed by atoms with Crippen molar-refractivity contribution in [2.24, 2.45) is 11.8 Å². The van der Waals surface area contributed by atoms with Gasteiger partial charge >= 0.3 is 0 Å². The van der Waals surface area contributed by atoms with E-state index in [4.69, 9.17) is 9.26 Å². The third-order valence-electron chi connectivity index (χ3n) is 3.33. The predicted octanol–water partition coefficient (Wildman–Crippen LogP) is 0.410. The second-order valence-corrected chi connectivity index (χ2v) is 4.77. The van der Waals surface area contributed by atoms with Crippen LogP contribution in [0.1, 0.15) is 18.1 Å². The van der Waals surface area contributed by atoms with Crippen molar-refractivity contribution in [2.45, 2.75) is 19.3 Å². The van der Waals surface area contributed by atoms with Gasteiger partial charge in [-0.25, -0.2) is 0 Å². The van der Waals surface area contributed by atoms with Crippen LogP contribution in [-0.2, 0) is 17.6 Å². The van der Waals surface area contributed by atoms with Crippen LogP contribution in [0.25, 0.3) is 0 Å². The molecule has 0 aliphatic carbocycles. The SMILES string of the molecule is C1CC(Cc2noc(CC3CNC3)n2)CO1. The van der Waals surface area contributed by atoms with E-state index in [1.807, 2.05) is 0 Å². The fourth-order valence-corrected chi connectivity index (χ4v) is 2.20. The summed E-state index contributed by atoms with van der Waals surface area (Å²) in [7, 11) is 0. The number of nitrogens with zero attached hydrogens (tertiary/aromatic N) is 2. The molecule has 5 heteroatoms. The average molecular weight is 223 g/mol. The Labute approximate surface area is 94.6 Å². The van der Waals surface area contributed by atoms with Crippen LogP contribution in [0.4, 0.5) is 0 Å². The molecule has 88 valence electrons. The van der Waals surface area contributed by atoms with Crippen LogP contribution >= 0.6 is 0 Å². The highest BCUT2D eigenvalue weighted by molar-refractivity contribution is 4.92. The van der Waals surface area contributed by atoms with Crippen LogP contribution in [0.2, 0.25) is 0 Å². The molecule has 1 atom stereocenters. The fourth-order valence-electron chi connectivity index (χ4n) is 2.20. The van der Waals surface area contributed by atoms with Gasteiger partial charge in [0.1, 0.15) is 0 Å². The summed E-state index contributed by atoms with van der Waals surface area (Å²) in [5.74, 6) is 2.90. The van der Waals surface area contributed by atoms with E-state index < -0.39 is 0 Å². The van der Waals surface area contributed by atoms with E-state index in [-0.39, 0.29) is 0 Å². The van der Waals surface area contributed by atoms with Crippen molar-refractivity contribution in [3.63, 3.8) is 0 Å². The fraction of sp³-hybridized carbons (Fsp3) is 0.818. The molecule has 0 radical (unpaired) electrons. The summed E-state index contributed by atoms with van der Waals surface area (Å²) in [6, 6.07) is 0. The molecule has 1 N–H and O–H groups in total. The largest absolute Gasteiger partial charge is 0.381 e. The molecule has 2 fully saturated rings. The van der Waals surface area contributed by atoms with Gasteiger partial charge in [-0.05, 0) is 31.3 Å². The van der Waals surface area contributed by atoms with E-state index in [0.717, 1.165) is 57.3 Å². The van der Waals surface area contributed by atoms with Gasteiger partial charge in [-0.3, -0.25) is 0 Å². The second-order valence-electron chi connectivity index (χ2n) is 4.77. The number of hydrogen-bond acceptors (Lipinski definition) is 5. The van der Waals surface area contributed by atoms with Gasteiger partial charge in [0.05, 0.1) is 0 Å². The third kappa shape index (κ3) is 2.25. The maximum Gasteiger partial charge on any atom is 0.227 e. The van der Waals surface area contributed by atoms with Crippen LogP contribution in [0.5, 0.6) is 0 Å². The lowest BCUT2D eigenvalue weighted by Crippen LogP contribution is -2.43. The Bertz CT molecular complexity index is 343. The molecule has 3 rings (SSSR count). The summed E-state index contributed by atoms with van der Waals surface area (Å²) in [5, 5.41) is 7.27. The molecule has 3 heterocycles. The lowest BCUT2D eigenvalue weighted by Gasteiger charge is -2.25. The molecule has 2 aliphatic rings. The van der Waals surface area contributed by atoms with Crippen LogP contribution in [-0.4, -0.2) is 36.4 Å². The van der Waals surface area contributed by atoms with Crippen LogP contribution < -0.4 is 5.32 Å². The maximum absolute atomic E-state index is 5.33. The smallest absolute Gasteiger partial charge is 0.227 e. The average Bonchev–Trinajstić information content (AvgIpc) is 2.84. The molecule has 0 spiro atoms. The zero-order valence-corrected chi connectivity index (χ0v) is 9.32. The quantitative estimate of drug-likeness (QED) is 0.801. The number of nitrogens with one attached hydrogen (secondary N) is 1. The zero-order valence-electron chi connectivity index (χ0n) is 9.32. The predicted molar refractivity (Wildman–Crippen MR) is 57.0 cm³/mol. The van der Waals surface area contributed by atoms with Gasteiger partial charge < -0.3 is 14.6 Å². The highest BCUT2D eigenvalue weighted by Gasteiger charge is 2.22. The normalized spacial score (nSPS) is 25.9. The number of aromatic nitrogens is 2. The van der Waals surface area contributed by atoms with Gasteiger partial charge in [0.2, 0.25) is 5.89 Å². The van der Waals surface area contributed by atoms with Crippen molar-refractivity contribution in [3.05, 3.63) is 11.7 Å².